The number of hydrogen-bond acceptors (Lipinski definition) is 4. The highest BCUT2D eigenvalue weighted by atomic mass is 16.4. The van der Waals surface area contributed by atoms with Crippen LogP contribution >= 0.6 is 0 Å². The Morgan fingerprint density at radius 3 is 2.75 bits per heavy atom. The SMILES string of the molecule is Cc1cc(C(=O)O)cc(NC(C)CN2CCCCC2)n1. The predicted molar refractivity (Wildman–Crippen MR) is 79.3 cm³/mol. The molecule has 1 aromatic rings. The van der Waals surface area contributed by atoms with E-state index >= 15 is 0 Å². The van der Waals surface area contributed by atoms with E-state index in [0.717, 1.165) is 25.3 Å². The van der Waals surface area contributed by atoms with E-state index in [9.17, 15) is 4.79 Å². The van der Waals surface area contributed by atoms with Gasteiger partial charge in [-0.2, -0.15) is 0 Å². The van der Waals surface area contributed by atoms with Crippen LogP contribution in [0.15, 0.2) is 12.1 Å². The number of piperidine rings is 1. The maximum atomic E-state index is 11.0. The lowest BCUT2D eigenvalue weighted by Crippen LogP contribution is -2.38. The number of aromatic carboxylic acids is 1. The Balaban J connectivity index is 1.96. The molecule has 5 nitrogen and oxygen atoms in total. The van der Waals surface area contributed by atoms with E-state index < -0.39 is 5.97 Å². The van der Waals surface area contributed by atoms with Crippen molar-refractivity contribution in [3.8, 4) is 0 Å². The molecule has 0 radical (unpaired) electrons. The molecular formula is C15H23N3O2. The molecule has 1 aliphatic rings. The number of aromatic nitrogens is 1. The van der Waals surface area contributed by atoms with Gasteiger partial charge in [-0.15, -0.1) is 0 Å². The van der Waals surface area contributed by atoms with E-state index in [1.807, 2.05) is 6.92 Å². The zero-order valence-electron chi connectivity index (χ0n) is 12.2. The van der Waals surface area contributed by atoms with Crippen LogP contribution in [0.4, 0.5) is 5.82 Å². The first-order chi connectivity index (χ1) is 9.54. The summed E-state index contributed by atoms with van der Waals surface area (Å²) in [6, 6.07) is 3.44. The van der Waals surface area contributed by atoms with Gasteiger partial charge in [0, 0.05) is 18.3 Å². The van der Waals surface area contributed by atoms with Crippen molar-refractivity contribution in [2.45, 2.75) is 39.2 Å². The highest BCUT2D eigenvalue weighted by Gasteiger charge is 2.14. The average Bonchev–Trinajstić information content (AvgIpc) is 2.38. The van der Waals surface area contributed by atoms with Crippen LogP contribution in [0, 0.1) is 6.92 Å². The molecule has 2 heterocycles. The van der Waals surface area contributed by atoms with Gasteiger partial charge in [-0.3, -0.25) is 0 Å². The normalized spacial score (nSPS) is 17.7. The lowest BCUT2D eigenvalue weighted by Gasteiger charge is -2.29. The second kappa shape index (κ2) is 6.70. The second-order valence-electron chi connectivity index (χ2n) is 5.59. The van der Waals surface area contributed by atoms with Crippen molar-refractivity contribution in [1.29, 1.82) is 0 Å². The van der Waals surface area contributed by atoms with Crippen molar-refractivity contribution < 1.29 is 9.90 Å². The Morgan fingerprint density at radius 2 is 2.10 bits per heavy atom. The summed E-state index contributed by atoms with van der Waals surface area (Å²) < 4.78 is 0. The summed E-state index contributed by atoms with van der Waals surface area (Å²) >= 11 is 0. The first-order valence-electron chi connectivity index (χ1n) is 7.25. The molecule has 1 fully saturated rings. The summed E-state index contributed by atoms with van der Waals surface area (Å²) in [4.78, 5) is 17.9. The predicted octanol–water partition coefficient (Wildman–Crippen LogP) is 2.37. The zero-order chi connectivity index (χ0) is 14.5. The largest absolute Gasteiger partial charge is 0.478 e. The van der Waals surface area contributed by atoms with Gasteiger partial charge in [-0.1, -0.05) is 6.42 Å². The number of nitrogens with one attached hydrogen (secondary N) is 1. The van der Waals surface area contributed by atoms with Crippen molar-refractivity contribution >= 4 is 11.8 Å². The third-order valence-corrected chi connectivity index (χ3v) is 3.58. The number of likely N-dealkylation sites (tertiary alicyclic amines) is 1. The van der Waals surface area contributed by atoms with Gasteiger partial charge in [-0.25, -0.2) is 9.78 Å². The first kappa shape index (κ1) is 14.8. The molecule has 1 aromatic heterocycles. The molecule has 1 atom stereocenters. The summed E-state index contributed by atoms with van der Waals surface area (Å²) in [5.41, 5.74) is 1.00. The molecule has 0 aromatic carbocycles. The van der Waals surface area contributed by atoms with Crippen LogP contribution in [0.2, 0.25) is 0 Å². The number of rotatable bonds is 5. The molecule has 2 rings (SSSR count). The molecule has 1 aliphatic heterocycles. The number of hydrogen-bond donors (Lipinski definition) is 2. The van der Waals surface area contributed by atoms with E-state index in [1.165, 1.54) is 19.3 Å². The standard InChI is InChI=1S/C15H23N3O2/c1-11-8-13(15(19)20)9-14(16-11)17-12(2)10-18-6-4-3-5-7-18/h8-9,12H,3-7,10H2,1-2H3,(H,16,17)(H,19,20). The Labute approximate surface area is 120 Å². The summed E-state index contributed by atoms with van der Waals surface area (Å²) in [6.07, 6.45) is 3.89. The highest BCUT2D eigenvalue weighted by molar-refractivity contribution is 5.88. The van der Waals surface area contributed by atoms with E-state index in [4.69, 9.17) is 5.11 Å². The number of aryl methyl sites for hydroxylation is 1. The van der Waals surface area contributed by atoms with Crippen LogP contribution < -0.4 is 5.32 Å². The van der Waals surface area contributed by atoms with Gasteiger partial charge in [0.05, 0.1) is 5.56 Å². The third-order valence-electron chi connectivity index (χ3n) is 3.58. The zero-order valence-corrected chi connectivity index (χ0v) is 12.2. The Kier molecular flexibility index (Phi) is 4.95. The Hall–Kier alpha value is -1.62. The number of anilines is 1. The van der Waals surface area contributed by atoms with E-state index in [1.54, 1.807) is 12.1 Å². The Morgan fingerprint density at radius 1 is 1.40 bits per heavy atom. The van der Waals surface area contributed by atoms with Gasteiger partial charge >= 0.3 is 5.97 Å². The molecular weight excluding hydrogens is 254 g/mol. The fourth-order valence-electron chi connectivity index (χ4n) is 2.69. The summed E-state index contributed by atoms with van der Waals surface area (Å²) in [7, 11) is 0. The smallest absolute Gasteiger partial charge is 0.335 e. The van der Waals surface area contributed by atoms with Crippen LogP contribution in [0.25, 0.3) is 0 Å². The number of pyridine rings is 1. The molecule has 0 saturated carbocycles. The number of nitrogens with zero attached hydrogens (tertiary/aromatic N) is 2. The Bertz CT molecular complexity index is 470. The summed E-state index contributed by atoms with van der Waals surface area (Å²) in [5, 5.41) is 12.4. The minimum Gasteiger partial charge on any atom is -0.478 e. The van der Waals surface area contributed by atoms with Gasteiger partial charge in [0.25, 0.3) is 0 Å². The molecule has 1 saturated heterocycles. The van der Waals surface area contributed by atoms with Crippen molar-refractivity contribution in [2.75, 3.05) is 25.0 Å². The van der Waals surface area contributed by atoms with Gasteiger partial charge in [0.15, 0.2) is 0 Å². The fraction of sp³-hybridized carbons (Fsp3) is 0.600. The van der Waals surface area contributed by atoms with Gasteiger partial charge < -0.3 is 15.3 Å². The molecule has 0 spiro atoms. The summed E-state index contributed by atoms with van der Waals surface area (Å²) in [5.74, 6) is -0.269. The van der Waals surface area contributed by atoms with Gasteiger partial charge in [0.2, 0.25) is 0 Å². The molecule has 0 amide bonds. The van der Waals surface area contributed by atoms with Gasteiger partial charge in [0.1, 0.15) is 5.82 Å². The maximum Gasteiger partial charge on any atom is 0.335 e. The maximum absolute atomic E-state index is 11.0. The second-order valence-corrected chi connectivity index (χ2v) is 5.59. The van der Waals surface area contributed by atoms with Crippen LogP contribution in [-0.4, -0.2) is 46.6 Å². The molecule has 0 bridgehead atoms. The fourth-order valence-corrected chi connectivity index (χ4v) is 2.69. The summed E-state index contributed by atoms with van der Waals surface area (Å²) in [6.45, 7) is 7.21. The minimum atomic E-state index is -0.915. The number of carbonyl (C=O) groups is 1. The van der Waals surface area contributed by atoms with Crippen molar-refractivity contribution in [2.24, 2.45) is 0 Å². The van der Waals surface area contributed by atoms with Crippen LogP contribution in [-0.2, 0) is 0 Å². The van der Waals surface area contributed by atoms with E-state index in [0.29, 0.717) is 5.82 Å². The molecule has 2 N–H and O–H groups in total. The lowest BCUT2D eigenvalue weighted by atomic mass is 10.1. The highest BCUT2D eigenvalue weighted by Crippen LogP contribution is 2.13. The molecule has 110 valence electrons. The van der Waals surface area contributed by atoms with Gasteiger partial charge in [-0.05, 0) is 51.9 Å². The number of carboxylic acid groups (broad SMARTS) is 1. The van der Waals surface area contributed by atoms with Crippen molar-refractivity contribution in [1.82, 2.24) is 9.88 Å². The molecule has 5 heteroatoms. The monoisotopic (exact) mass is 277 g/mol. The molecule has 20 heavy (non-hydrogen) atoms. The van der Waals surface area contributed by atoms with Crippen LogP contribution in [0.1, 0.15) is 42.2 Å². The molecule has 0 aliphatic carbocycles. The van der Waals surface area contributed by atoms with Crippen LogP contribution in [0.3, 0.4) is 0 Å². The topological polar surface area (TPSA) is 65.5 Å². The average molecular weight is 277 g/mol. The molecule has 1 unspecified atom stereocenters. The lowest BCUT2D eigenvalue weighted by molar-refractivity contribution is 0.0696. The third kappa shape index (κ3) is 4.20. The van der Waals surface area contributed by atoms with Crippen molar-refractivity contribution in [3.63, 3.8) is 0 Å². The van der Waals surface area contributed by atoms with E-state index in [2.05, 4.69) is 22.1 Å². The van der Waals surface area contributed by atoms with Crippen molar-refractivity contribution in [3.05, 3.63) is 23.4 Å². The number of carboxylic acids is 1. The first-order valence-corrected chi connectivity index (χ1v) is 7.25. The van der Waals surface area contributed by atoms with Crippen LogP contribution in [0.5, 0.6) is 0 Å². The quantitative estimate of drug-likeness (QED) is 0.865. The minimum absolute atomic E-state index is 0.254. The van der Waals surface area contributed by atoms with E-state index in [-0.39, 0.29) is 11.6 Å².